The van der Waals surface area contributed by atoms with Crippen molar-refractivity contribution in [2.45, 2.75) is 38.3 Å². The largest absolute Gasteiger partial charge is 0.480 e. The Kier molecular flexibility index (Phi) is 4.53. The van der Waals surface area contributed by atoms with Gasteiger partial charge in [0.1, 0.15) is 6.04 Å². The third-order valence-electron chi connectivity index (χ3n) is 3.61. The number of aliphatic carboxylic acids is 1. The van der Waals surface area contributed by atoms with E-state index in [0.717, 1.165) is 24.9 Å². The standard InChI is InChI=1S/C15H18N2O2/c16-8-4-1-5-9-17-11-13-7-3-2-6-12(13)10-14(17)15(18)19/h2-3,6-7,14H,1,4-5,9-11H2,(H,18,19)/t14-/m0/s1. The fraction of sp³-hybridized carbons (Fsp3) is 0.467. The number of benzene rings is 1. The molecule has 0 spiro atoms. The number of hydrogen-bond acceptors (Lipinski definition) is 3. The van der Waals surface area contributed by atoms with E-state index in [0.29, 0.717) is 19.4 Å². The van der Waals surface area contributed by atoms with E-state index in [1.165, 1.54) is 5.56 Å². The highest BCUT2D eigenvalue weighted by Crippen LogP contribution is 2.23. The zero-order valence-electron chi connectivity index (χ0n) is 10.9. The van der Waals surface area contributed by atoms with Crippen LogP contribution in [0.25, 0.3) is 0 Å². The number of unbranched alkanes of at least 4 members (excludes halogenated alkanes) is 2. The van der Waals surface area contributed by atoms with Crippen molar-refractivity contribution in [2.24, 2.45) is 0 Å². The Morgan fingerprint density at radius 2 is 2.11 bits per heavy atom. The molecule has 100 valence electrons. The molecule has 1 aliphatic rings. The first kappa shape index (κ1) is 13.6. The van der Waals surface area contributed by atoms with E-state index in [2.05, 4.69) is 12.1 Å². The van der Waals surface area contributed by atoms with E-state index < -0.39 is 12.0 Å². The number of hydrogen-bond donors (Lipinski definition) is 1. The van der Waals surface area contributed by atoms with Crippen LogP contribution >= 0.6 is 0 Å². The molecule has 0 radical (unpaired) electrons. The minimum Gasteiger partial charge on any atom is -0.480 e. The second-order valence-electron chi connectivity index (χ2n) is 4.91. The molecule has 1 heterocycles. The summed E-state index contributed by atoms with van der Waals surface area (Å²) in [6.07, 6.45) is 2.83. The average Bonchev–Trinajstić information content (AvgIpc) is 2.42. The summed E-state index contributed by atoms with van der Waals surface area (Å²) in [6, 6.07) is 9.72. The molecule has 0 unspecified atom stereocenters. The maximum atomic E-state index is 11.4. The summed E-state index contributed by atoms with van der Waals surface area (Å²) in [5, 5.41) is 17.9. The molecule has 1 N–H and O–H groups in total. The van der Waals surface area contributed by atoms with E-state index in [4.69, 9.17) is 5.26 Å². The molecule has 0 aromatic heterocycles. The minimum absolute atomic E-state index is 0.433. The van der Waals surface area contributed by atoms with Crippen LogP contribution in [0, 0.1) is 11.3 Å². The lowest BCUT2D eigenvalue weighted by molar-refractivity contribution is -0.144. The Labute approximate surface area is 113 Å². The Balaban J connectivity index is 2.04. The summed E-state index contributed by atoms with van der Waals surface area (Å²) in [7, 11) is 0. The van der Waals surface area contributed by atoms with E-state index in [9.17, 15) is 9.90 Å². The van der Waals surface area contributed by atoms with E-state index in [1.54, 1.807) is 0 Å². The SMILES string of the molecule is N#CCCCCN1Cc2ccccc2C[C@H]1C(=O)O. The van der Waals surface area contributed by atoms with Gasteiger partial charge in [0.15, 0.2) is 0 Å². The molecule has 1 aliphatic heterocycles. The normalized spacial score (nSPS) is 18.6. The minimum atomic E-state index is -0.755. The van der Waals surface area contributed by atoms with Crippen molar-refractivity contribution < 1.29 is 9.90 Å². The number of rotatable bonds is 5. The number of fused-ring (bicyclic) bond motifs is 1. The Morgan fingerprint density at radius 3 is 2.79 bits per heavy atom. The molecule has 4 heteroatoms. The highest BCUT2D eigenvalue weighted by Gasteiger charge is 2.30. The van der Waals surface area contributed by atoms with Gasteiger partial charge in [-0.25, -0.2) is 0 Å². The van der Waals surface area contributed by atoms with Crippen LogP contribution in [0.3, 0.4) is 0 Å². The summed E-state index contributed by atoms with van der Waals surface area (Å²) in [5.41, 5.74) is 2.36. The van der Waals surface area contributed by atoms with Gasteiger partial charge in [0.2, 0.25) is 0 Å². The topological polar surface area (TPSA) is 64.3 Å². The van der Waals surface area contributed by atoms with Crippen LogP contribution in [0.2, 0.25) is 0 Å². The number of carboxylic acid groups (broad SMARTS) is 1. The van der Waals surface area contributed by atoms with Crippen LogP contribution < -0.4 is 0 Å². The molecule has 1 aromatic rings. The molecule has 19 heavy (non-hydrogen) atoms. The monoisotopic (exact) mass is 258 g/mol. The number of carboxylic acids is 1. The Bertz CT molecular complexity index is 493. The number of carbonyl (C=O) groups is 1. The fourth-order valence-electron chi connectivity index (χ4n) is 2.57. The zero-order chi connectivity index (χ0) is 13.7. The van der Waals surface area contributed by atoms with Crippen LogP contribution in [0.5, 0.6) is 0 Å². The van der Waals surface area contributed by atoms with Crippen LogP contribution in [0.15, 0.2) is 24.3 Å². The van der Waals surface area contributed by atoms with E-state index >= 15 is 0 Å². The van der Waals surface area contributed by atoms with Crippen molar-refractivity contribution >= 4 is 5.97 Å². The molecule has 1 atom stereocenters. The van der Waals surface area contributed by atoms with Crippen molar-refractivity contribution in [2.75, 3.05) is 6.54 Å². The first-order valence-corrected chi connectivity index (χ1v) is 6.63. The molecule has 0 amide bonds. The molecule has 0 bridgehead atoms. The number of nitriles is 1. The molecular formula is C15H18N2O2. The fourth-order valence-corrected chi connectivity index (χ4v) is 2.57. The van der Waals surface area contributed by atoms with E-state index in [-0.39, 0.29) is 0 Å². The van der Waals surface area contributed by atoms with Crippen LogP contribution in [0.1, 0.15) is 30.4 Å². The lowest BCUT2D eigenvalue weighted by Gasteiger charge is -2.34. The van der Waals surface area contributed by atoms with Crippen molar-refractivity contribution in [3.8, 4) is 6.07 Å². The van der Waals surface area contributed by atoms with Gasteiger partial charge in [0.05, 0.1) is 6.07 Å². The average molecular weight is 258 g/mol. The second-order valence-corrected chi connectivity index (χ2v) is 4.91. The quantitative estimate of drug-likeness (QED) is 0.822. The van der Waals surface area contributed by atoms with Gasteiger partial charge in [0.25, 0.3) is 0 Å². The van der Waals surface area contributed by atoms with Gasteiger partial charge in [0, 0.05) is 13.0 Å². The maximum absolute atomic E-state index is 11.4. The lowest BCUT2D eigenvalue weighted by atomic mass is 9.94. The third-order valence-corrected chi connectivity index (χ3v) is 3.61. The Hall–Kier alpha value is -1.86. The van der Waals surface area contributed by atoms with Gasteiger partial charge in [-0.1, -0.05) is 24.3 Å². The van der Waals surface area contributed by atoms with E-state index in [1.807, 2.05) is 23.1 Å². The lowest BCUT2D eigenvalue weighted by Crippen LogP contribution is -2.45. The van der Waals surface area contributed by atoms with Gasteiger partial charge in [-0.2, -0.15) is 5.26 Å². The predicted molar refractivity (Wildman–Crippen MR) is 71.4 cm³/mol. The zero-order valence-corrected chi connectivity index (χ0v) is 10.9. The molecular weight excluding hydrogens is 240 g/mol. The van der Waals surface area contributed by atoms with Crippen molar-refractivity contribution in [3.63, 3.8) is 0 Å². The molecule has 0 saturated heterocycles. The number of nitrogens with zero attached hydrogens (tertiary/aromatic N) is 2. The third kappa shape index (κ3) is 3.33. The Morgan fingerprint density at radius 1 is 1.37 bits per heavy atom. The smallest absolute Gasteiger partial charge is 0.321 e. The molecule has 4 nitrogen and oxygen atoms in total. The highest BCUT2D eigenvalue weighted by molar-refractivity contribution is 5.74. The second kappa shape index (κ2) is 6.35. The van der Waals surface area contributed by atoms with Crippen molar-refractivity contribution in [1.82, 2.24) is 4.90 Å². The van der Waals surface area contributed by atoms with Gasteiger partial charge in [-0.3, -0.25) is 9.69 Å². The molecule has 2 rings (SSSR count). The molecule has 0 aliphatic carbocycles. The van der Waals surface area contributed by atoms with Crippen molar-refractivity contribution in [1.29, 1.82) is 5.26 Å². The summed E-state index contributed by atoms with van der Waals surface area (Å²) < 4.78 is 0. The summed E-state index contributed by atoms with van der Waals surface area (Å²) in [6.45, 7) is 1.44. The van der Waals surface area contributed by atoms with Gasteiger partial charge in [-0.15, -0.1) is 0 Å². The first-order chi connectivity index (χ1) is 9.22. The maximum Gasteiger partial charge on any atom is 0.321 e. The summed E-state index contributed by atoms with van der Waals surface area (Å²) in [4.78, 5) is 13.4. The highest BCUT2D eigenvalue weighted by atomic mass is 16.4. The predicted octanol–water partition coefficient (Wildman–Crippen LogP) is 2.19. The van der Waals surface area contributed by atoms with Gasteiger partial charge >= 0.3 is 5.97 Å². The summed E-state index contributed by atoms with van der Waals surface area (Å²) >= 11 is 0. The van der Waals surface area contributed by atoms with Crippen LogP contribution in [-0.2, 0) is 17.8 Å². The van der Waals surface area contributed by atoms with Gasteiger partial charge < -0.3 is 5.11 Å². The van der Waals surface area contributed by atoms with Crippen LogP contribution in [0.4, 0.5) is 0 Å². The summed E-state index contributed by atoms with van der Waals surface area (Å²) in [5.74, 6) is -0.755. The van der Waals surface area contributed by atoms with Crippen molar-refractivity contribution in [3.05, 3.63) is 35.4 Å². The molecule has 0 saturated carbocycles. The first-order valence-electron chi connectivity index (χ1n) is 6.63. The van der Waals surface area contributed by atoms with Gasteiger partial charge in [-0.05, 0) is 36.9 Å². The van der Waals surface area contributed by atoms with Crippen LogP contribution in [-0.4, -0.2) is 28.6 Å². The molecule has 1 aromatic carbocycles. The molecule has 0 fully saturated rings.